The molecule has 0 fully saturated rings. The average molecular weight is 272 g/mol. The first-order chi connectivity index (χ1) is 6.77. The van der Waals surface area contributed by atoms with Gasteiger partial charge in [-0.05, 0) is 35.1 Å². The smallest absolute Gasteiger partial charge is 0.110 e. The maximum absolute atomic E-state index is 8.72. The van der Waals surface area contributed by atoms with Gasteiger partial charge in [-0.25, -0.2) is 4.98 Å². The molecule has 0 aliphatic heterocycles. The minimum Gasteiger partial charge on any atom is -0.304 e. The molecule has 0 aliphatic carbocycles. The van der Waals surface area contributed by atoms with Crippen molar-refractivity contribution in [2.45, 2.75) is 11.1 Å². The van der Waals surface area contributed by atoms with Crippen LogP contribution in [0.4, 0.5) is 0 Å². The highest BCUT2D eigenvalue weighted by Crippen LogP contribution is 2.24. The monoisotopic (exact) mass is 271 g/mol. The predicted molar refractivity (Wildman–Crippen MR) is 61.1 cm³/mol. The number of hydrogen-bond acceptors (Lipinski definition) is 4. The molecule has 5 heteroatoms. The lowest BCUT2D eigenvalue weighted by molar-refractivity contribution is 0.749. The topological polar surface area (TPSA) is 48.7 Å². The summed E-state index contributed by atoms with van der Waals surface area (Å²) in [5.41, 5.74) is 0. The quantitative estimate of drug-likeness (QED) is 0.852. The number of thioether (sulfide) groups is 1. The van der Waals surface area contributed by atoms with Crippen LogP contribution in [-0.2, 0) is 0 Å². The molecule has 1 unspecified atom stereocenters. The Kier molecular flexibility index (Phi) is 4.94. The number of halogens is 1. The van der Waals surface area contributed by atoms with Crippen molar-refractivity contribution in [1.29, 1.82) is 5.26 Å². The van der Waals surface area contributed by atoms with Gasteiger partial charge in [-0.1, -0.05) is 0 Å². The van der Waals surface area contributed by atoms with Crippen LogP contribution in [0.25, 0.3) is 0 Å². The second-order valence-electron chi connectivity index (χ2n) is 2.57. The van der Waals surface area contributed by atoms with Crippen LogP contribution >= 0.6 is 27.7 Å². The minimum atomic E-state index is -0.131. The molecule has 0 saturated heterocycles. The van der Waals surface area contributed by atoms with E-state index in [4.69, 9.17) is 5.26 Å². The van der Waals surface area contributed by atoms with E-state index in [0.717, 1.165) is 9.50 Å². The molecule has 14 heavy (non-hydrogen) atoms. The summed E-state index contributed by atoms with van der Waals surface area (Å²) in [7, 11) is 1.78. The van der Waals surface area contributed by atoms with Crippen molar-refractivity contribution in [3.8, 4) is 6.07 Å². The van der Waals surface area contributed by atoms with Crippen LogP contribution in [0, 0.1) is 11.3 Å². The molecule has 0 aromatic carbocycles. The zero-order valence-electron chi connectivity index (χ0n) is 7.70. The fraction of sp³-hybridized carbons (Fsp3) is 0.333. The molecule has 0 radical (unpaired) electrons. The Morgan fingerprint density at radius 2 is 2.57 bits per heavy atom. The number of aromatic nitrogens is 1. The van der Waals surface area contributed by atoms with Crippen molar-refractivity contribution in [3.05, 3.63) is 22.8 Å². The Hall–Kier alpha value is -0.570. The van der Waals surface area contributed by atoms with Crippen LogP contribution in [0.15, 0.2) is 27.8 Å². The van der Waals surface area contributed by atoms with Crippen LogP contribution < -0.4 is 5.32 Å². The summed E-state index contributed by atoms with van der Waals surface area (Å²) < 4.78 is 0.970. The summed E-state index contributed by atoms with van der Waals surface area (Å²) >= 11 is 4.96. The summed E-state index contributed by atoms with van der Waals surface area (Å²) in [6, 6.07) is 5.85. The number of hydrogen-bond donors (Lipinski definition) is 1. The molecular formula is C9H10BrN3S. The highest BCUT2D eigenvalue weighted by atomic mass is 79.9. The van der Waals surface area contributed by atoms with Gasteiger partial charge >= 0.3 is 0 Å². The zero-order valence-corrected chi connectivity index (χ0v) is 10.1. The van der Waals surface area contributed by atoms with E-state index in [1.807, 2.05) is 12.1 Å². The SMILES string of the molecule is CNC(C#N)CSc1ncccc1Br. The minimum absolute atomic E-state index is 0.131. The van der Waals surface area contributed by atoms with Gasteiger partial charge in [-0.15, -0.1) is 11.8 Å². The van der Waals surface area contributed by atoms with Crippen molar-refractivity contribution in [2.75, 3.05) is 12.8 Å². The zero-order chi connectivity index (χ0) is 10.4. The Balaban J connectivity index is 2.54. The Labute approximate surface area is 96.0 Å². The standard InChI is InChI=1S/C9H10BrN3S/c1-12-7(5-11)6-14-9-8(10)3-2-4-13-9/h2-4,7,12H,6H2,1H3. The van der Waals surface area contributed by atoms with Gasteiger partial charge < -0.3 is 5.32 Å². The molecule has 0 bridgehead atoms. The molecule has 1 aromatic rings. The fourth-order valence-corrected chi connectivity index (χ4v) is 2.33. The first-order valence-electron chi connectivity index (χ1n) is 4.08. The lowest BCUT2D eigenvalue weighted by atomic mass is 10.4. The van der Waals surface area contributed by atoms with E-state index in [1.54, 1.807) is 25.0 Å². The lowest BCUT2D eigenvalue weighted by Gasteiger charge is -2.06. The van der Waals surface area contributed by atoms with Gasteiger partial charge in [0.05, 0.1) is 6.07 Å². The van der Waals surface area contributed by atoms with E-state index in [9.17, 15) is 0 Å². The van der Waals surface area contributed by atoms with Gasteiger partial charge in [0.1, 0.15) is 11.1 Å². The first-order valence-corrected chi connectivity index (χ1v) is 5.86. The molecule has 3 nitrogen and oxygen atoms in total. The van der Waals surface area contributed by atoms with Gasteiger partial charge in [-0.2, -0.15) is 5.26 Å². The lowest BCUT2D eigenvalue weighted by Crippen LogP contribution is -2.25. The summed E-state index contributed by atoms with van der Waals surface area (Å²) in [6.07, 6.45) is 1.74. The van der Waals surface area contributed by atoms with E-state index in [0.29, 0.717) is 5.75 Å². The first kappa shape index (κ1) is 11.5. The number of nitrogens with one attached hydrogen (secondary N) is 1. The van der Waals surface area contributed by atoms with Crippen molar-refractivity contribution in [3.63, 3.8) is 0 Å². The largest absolute Gasteiger partial charge is 0.304 e. The molecule has 0 spiro atoms. The molecule has 1 aromatic heterocycles. The normalized spacial score (nSPS) is 12.1. The van der Waals surface area contributed by atoms with Crippen LogP contribution in [0.3, 0.4) is 0 Å². The summed E-state index contributed by atoms with van der Waals surface area (Å²) in [4.78, 5) is 4.20. The highest BCUT2D eigenvalue weighted by Gasteiger charge is 2.07. The van der Waals surface area contributed by atoms with Crippen LogP contribution in [0.2, 0.25) is 0 Å². The van der Waals surface area contributed by atoms with Crippen molar-refractivity contribution >= 4 is 27.7 Å². The van der Waals surface area contributed by atoms with Gasteiger partial charge in [0.15, 0.2) is 0 Å². The molecule has 1 N–H and O–H groups in total. The number of nitriles is 1. The van der Waals surface area contributed by atoms with Gasteiger partial charge in [0.2, 0.25) is 0 Å². The Morgan fingerprint density at radius 3 is 3.14 bits per heavy atom. The number of pyridine rings is 1. The van der Waals surface area contributed by atoms with Crippen LogP contribution in [0.1, 0.15) is 0 Å². The number of rotatable bonds is 4. The molecule has 0 saturated carbocycles. The predicted octanol–water partition coefficient (Wildman–Crippen LogP) is 2.05. The fourth-order valence-electron chi connectivity index (χ4n) is 0.825. The maximum atomic E-state index is 8.72. The van der Waals surface area contributed by atoms with Crippen molar-refractivity contribution in [1.82, 2.24) is 10.3 Å². The van der Waals surface area contributed by atoms with Gasteiger partial charge in [0, 0.05) is 16.4 Å². The summed E-state index contributed by atoms with van der Waals surface area (Å²) in [5.74, 6) is 0.697. The van der Waals surface area contributed by atoms with Crippen LogP contribution in [0.5, 0.6) is 0 Å². The molecule has 1 heterocycles. The molecular weight excluding hydrogens is 262 g/mol. The highest BCUT2D eigenvalue weighted by molar-refractivity contribution is 9.10. The van der Waals surface area contributed by atoms with E-state index in [1.165, 1.54) is 0 Å². The second kappa shape index (κ2) is 6.02. The van der Waals surface area contributed by atoms with E-state index >= 15 is 0 Å². The van der Waals surface area contributed by atoms with E-state index < -0.39 is 0 Å². The van der Waals surface area contributed by atoms with Crippen molar-refractivity contribution < 1.29 is 0 Å². The van der Waals surface area contributed by atoms with Crippen molar-refractivity contribution in [2.24, 2.45) is 0 Å². The van der Waals surface area contributed by atoms with E-state index in [-0.39, 0.29) is 6.04 Å². The third kappa shape index (κ3) is 3.29. The molecule has 1 atom stereocenters. The molecule has 1 rings (SSSR count). The van der Waals surface area contributed by atoms with Crippen LogP contribution in [-0.4, -0.2) is 23.8 Å². The van der Waals surface area contributed by atoms with Gasteiger partial charge in [-0.3, -0.25) is 0 Å². The average Bonchev–Trinajstić information content (AvgIpc) is 2.22. The Bertz CT molecular complexity index is 337. The molecule has 0 amide bonds. The third-order valence-electron chi connectivity index (χ3n) is 1.62. The molecule has 74 valence electrons. The summed E-state index contributed by atoms with van der Waals surface area (Å²) in [6.45, 7) is 0. The van der Waals surface area contributed by atoms with E-state index in [2.05, 4.69) is 32.3 Å². The third-order valence-corrected chi connectivity index (χ3v) is 3.62. The second-order valence-corrected chi connectivity index (χ2v) is 4.43. The maximum Gasteiger partial charge on any atom is 0.110 e. The molecule has 0 aliphatic rings. The van der Waals surface area contributed by atoms with Gasteiger partial charge in [0.25, 0.3) is 0 Å². The number of nitrogens with zero attached hydrogens (tertiary/aromatic N) is 2. The Morgan fingerprint density at radius 1 is 1.79 bits per heavy atom. The summed E-state index contributed by atoms with van der Waals surface area (Å²) in [5, 5.41) is 12.6.